The lowest BCUT2D eigenvalue weighted by Gasteiger charge is -2.29. The van der Waals surface area contributed by atoms with E-state index in [0.717, 1.165) is 57.8 Å². The van der Waals surface area contributed by atoms with Crippen molar-refractivity contribution in [1.29, 1.82) is 0 Å². The lowest BCUT2D eigenvalue weighted by atomic mass is 9.74. The summed E-state index contributed by atoms with van der Waals surface area (Å²) in [6.07, 6.45) is 31.9. The van der Waals surface area contributed by atoms with E-state index in [0.29, 0.717) is 18.4 Å². The lowest BCUT2D eigenvalue weighted by molar-refractivity contribution is -0.145. The highest BCUT2D eigenvalue weighted by Gasteiger charge is 2.34. The monoisotopic (exact) mass is 593 g/mol. The molecule has 0 bridgehead atoms. The summed E-state index contributed by atoms with van der Waals surface area (Å²) in [5, 5.41) is 20.5. The highest BCUT2D eigenvalue weighted by molar-refractivity contribution is 5.75. The zero-order valence-electron chi connectivity index (χ0n) is 28.4. The summed E-state index contributed by atoms with van der Waals surface area (Å²) in [4.78, 5) is 25.0. The molecule has 4 heteroatoms. The molecule has 0 spiro atoms. The van der Waals surface area contributed by atoms with Gasteiger partial charge in [-0.3, -0.25) is 9.59 Å². The van der Waals surface area contributed by atoms with Crippen LogP contribution in [0.25, 0.3) is 0 Å². The van der Waals surface area contributed by atoms with E-state index in [4.69, 9.17) is 0 Å². The zero-order valence-corrected chi connectivity index (χ0v) is 28.4. The molecule has 0 aromatic heterocycles. The van der Waals surface area contributed by atoms with Crippen LogP contribution >= 0.6 is 0 Å². The molecule has 248 valence electrons. The van der Waals surface area contributed by atoms with Crippen LogP contribution < -0.4 is 0 Å². The van der Waals surface area contributed by atoms with Gasteiger partial charge in [-0.1, -0.05) is 193 Å². The van der Waals surface area contributed by atoms with E-state index in [-0.39, 0.29) is 5.92 Å². The second-order valence-corrected chi connectivity index (χ2v) is 13.2. The van der Waals surface area contributed by atoms with E-state index in [1.807, 2.05) is 0 Å². The molecular weight excluding hydrogens is 520 g/mol. The number of carboxylic acids is 2. The minimum Gasteiger partial charge on any atom is -0.481 e. The molecule has 0 heterocycles. The van der Waals surface area contributed by atoms with E-state index in [9.17, 15) is 19.8 Å². The topological polar surface area (TPSA) is 74.6 Å². The summed E-state index contributed by atoms with van der Waals surface area (Å²) in [5.41, 5.74) is 0.678. The summed E-state index contributed by atoms with van der Waals surface area (Å²) in [7, 11) is 0. The Balaban J connectivity index is 5.06. The molecule has 0 amide bonds. The Bertz CT molecular complexity index is 643. The zero-order chi connectivity index (χ0) is 31.3. The van der Waals surface area contributed by atoms with Crippen LogP contribution in [-0.2, 0) is 9.59 Å². The third-order valence-electron chi connectivity index (χ3n) is 9.36. The van der Waals surface area contributed by atoms with Crippen molar-refractivity contribution in [2.45, 2.75) is 201 Å². The SMILES string of the molecule is C=C(C(CCCCCCCCCC)C(=O)O)C(CCCCCCCCCCC)C(CCCCCCCCCC)C(=O)O. The number of rotatable bonds is 33. The van der Waals surface area contributed by atoms with Gasteiger partial charge in [-0.2, -0.15) is 0 Å². The molecule has 42 heavy (non-hydrogen) atoms. The fraction of sp³-hybridized carbons (Fsp3) is 0.895. The second-order valence-electron chi connectivity index (χ2n) is 13.2. The van der Waals surface area contributed by atoms with Crippen LogP contribution in [0.2, 0.25) is 0 Å². The van der Waals surface area contributed by atoms with Crippen molar-refractivity contribution >= 4 is 11.9 Å². The Kier molecular flexibility index (Phi) is 28.8. The smallest absolute Gasteiger partial charge is 0.310 e. The van der Waals surface area contributed by atoms with Crippen LogP contribution in [-0.4, -0.2) is 22.2 Å². The Morgan fingerprint density at radius 1 is 0.429 bits per heavy atom. The fourth-order valence-electron chi connectivity index (χ4n) is 6.52. The van der Waals surface area contributed by atoms with Gasteiger partial charge in [0.05, 0.1) is 11.8 Å². The van der Waals surface area contributed by atoms with Crippen molar-refractivity contribution in [3.05, 3.63) is 12.2 Å². The van der Waals surface area contributed by atoms with Gasteiger partial charge in [0.2, 0.25) is 0 Å². The van der Waals surface area contributed by atoms with Crippen LogP contribution in [0.1, 0.15) is 201 Å². The van der Waals surface area contributed by atoms with E-state index in [2.05, 4.69) is 27.4 Å². The first-order valence-corrected chi connectivity index (χ1v) is 18.5. The largest absolute Gasteiger partial charge is 0.481 e. The van der Waals surface area contributed by atoms with Gasteiger partial charge in [0.1, 0.15) is 0 Å². The Hall–Kier alpha value is -1.32. The molecule has 0 aliphatic carbocycles. The summed E-state index contributed by atoms with van der Waals surface area (Å²) >= 11 is 0. The van der Waals surface area contributed by atoms with E-state index in [1.165, 1.54) is 109 Å². The van der Waals surface area contributed by atoms with Gasteiger partial charge in [0.25, 0.3) is 0 Å². The molecule has 0 aliphatic heterocycles. The maximum absolute atomic E-state index is 12.6. The number of carbonyl (C=O) groups is 2. The summed E-state index contributed by atoms with van der Waals surface area (Å²) in [5.74, 6) is -2.99. The highest BCUT2D eigenvalue weighted by Crippen LogP contribution is 2.36. The van der Waals surface area contributed by atoms with Crippen LogP contribution in [0.5, 0.6) is 0 Å². The molecule has 4 nitrogen and oxygen atoms in total. The minimum atomic E-state index is -0.823. The van der Waals surface area contributed by atoms with Crippen molar-refractivity contribution in [2.24, 2.45) is 17.8 Å². The van der Waals surface area contributed by atoms with Crippen LogP contribution in [0.3, 0.4) is 0 Å². The number of hydrogen-bond donors (Lipinski definition) is 2. The molecule has 2 N–H and O–H groups in total. The predicted molar refractivity (Wildman–Crippen MR) is 181 cm³/mol. The summed E-state index contributed by atoms with van der Waals surface area (Å²) in [6, 6.07) is 0. The lowest BCUT2D eigenvalue weighted by Crippen LogP contribution is -2.30. The van der Waals surface area contributed by atoms with E-state index in [1.54, 1.807) is 0 Å². The standard InChI is InChI=1S/C38H72O4/c1-5-8-11-14-17-20-23-24-27-30-34(36(38(41)42)32-29-26-22-19-16-13-10-7-3)33(4)35(37(39)40)31-28-25-21-18-15-12-9-6-2/h34-36H,4-32H2,1-3H3,(H,39,40)(H,41,42). The van der Waals surface area contributed by atoms with Crippen LogP contribution in [0.15, 0.2) is 12.2 Å². The van der Waals surface area contributed by atoms with E-state index < -0.39 is 23.8 Å². The summed E-state index contributed by atoms with van der Waals surface area (Å²) in [6.45, 7) is 11.0. The molecule has 3 unspecified atom stereocenters. The molecule has 0 rings (SSSR count). The van der Waals surface area contributed by atoms with Gasteiger partial charge in [-0.25, -0.2) is 0 Å². The first-order chi connectivity index (χ1) is 20.4. The average molecular weight is 593 g/mol. The molecule has 0 aliphatic rings. The van der Waals surface area contributed by atoms with Gasteiger partial charge < -0.3 is 10.2 Å². The Morgan fingerprint density at radius 3 is 1.02 bits per heavy atom. The van der Waals surface area contributed by atoms with Crippen molar-refractivity contribution in [2.75, 3.05) is 0 Å². The Morgan fingerprint density at radius 2 is 0.714 bits per heavy atom. The molecule has 0 radical (unpaired) electrons. The number of aliphatic carboxylic acids is 2. The molecule has 0 aromatic carbocycles. The van der Waals surface area contributed by atoms with Gasteiger partial charge >= 0.3 is 11.9 Å². The van der Waals surface area contributed by atoms with E-state index >= 15 is 0 Å². The molecule has 3 atom stereocenters. The quantitative estimate of drug-likeness (QED) is 0.0587. The minimum absolute atomic E-state index is 0.244. The van der Waals surface area contributed by atoms with Gasteiger partial charge in [0, 0.05) is 0 Å². The molecule has 0 saturated heterocycles. The van der Waals surface area contributed by atoms with Gasteiger partial charge in [-0.05, 0) is 25.2 Å². The van der Waals surface area contributed by atoms with Gasteiger partial charge in [-0.15, -0.1) is 0 Å². The summed E-state index contributed by atoms with van der Waals surface area (Å²) < 4.78 is 0. The number of unbranched alkanes of at least 4 members (excludes halogenated alkanes) is 22. The first kappa shape index (κ1) is 40.7. The third-order valence-corrected chi connectivity index (χ3v) is 9.36. The first-order valence-electron chi connectivity index (χ1n) is 18.5. The van der Waals surface area contributed by atoms with Crippen molar-refractivity contribution in [1.82, 2.24) is 0 Å². The van der Waals surface area contributed by atoms with Crippen molar-refractivity contribution in [3.8, 4) is 0 Å². The fourth-order valence-corrected chi connectivity index (χ4v) is 6.52. The molecule has 0 saturated carbocycles. The number of carboxylic acid groups (broad SMARTS) is 2. The third kappa shape index (κ3) is 22.3. The second kappa shape index (κ2) is 29.7. The average Bonchev–Trinajstić information content (AvgIpc) is 2.96. The maximum atomic E-state index is 12.6. The highest BCUT2D eigenvalue weighted by atomic mass is 16.4. The molecule has 0 fully saturated rings. The Labute approximate surface area is 261 Å². The molecule has 0 aromatic rings. The maximum Gasteiger partial charge on any atom is 0.310 e. The van der Waals surface area contributed by atoms with Crippen LogP contribution in [0.4, 0.5) is 0 Å². The van der Waals surface area contributed by atoms with Gasteiger partial charge in [0.15, 0.2) is 0 Å². The van der Waals surface area contributed by atoms with Crippen molar-refractivity contribution < 1.29 is 19.8 Å². The predicted octanol–water partition coefficient (Wildman–Crippen LogP) is 12.5. The van der Waals surface area contributed by atoms with Crippen LogP contribution in [0, 0.1) is 17.8 Å². The molecular formula is C38H72O4. The number of hydrogen-bond acceptors (Lipinski definition) is 2. The normalized spacial score (nSPS) is 13.6. The van der Waals surface area contributed by atoms with Crippen molar-refractivity contribution in [3.63, 3.8) is 0 Å².